The minimum atomic E-state index is -0.0382. The van der Waals surface area contributed by atoms with Crippen LogP contribution in [0.5, 0.6) is 0 Å². The van der Waals surface area contributed by atoms with Crippen LogP contribution in [0.1, 0.15) is 20.7 Å². The quantitative estimate of drug-likeness (QED) is 0.583. The van der Waals surface area contributed by atoms with Crippen molar-refractivity contribution in [1.29, 1.82) is 0 Å². The monoisotopic (exact) mass is 196 g/mol. The Morgan fingerprint density at radius 2 is 2.00 bits per heavy atom. The zero-order chi connectivity index (χ0) is 7.14. The zero-order valence-electron chi connectivity index (χ0n) is 5.17. The van der Waals surface area contributed by atoms with Crippen molar-refractivity contribution < 1.29 is 4.79 Å². The fourth-order valence-corrected chi connectivity index (χ4v) is 1.79. The molecule has 0 aromatic heterocycles. The Bertz CT molecular complexity index is 293. The lowest BCUT2D eigenvalue weighted by Gasteiger charge is -2.22. The summed E-state index contributed by atoms with van der Waals surface area (Å²) in [6.07, 6.45) is 0. The first kappa shape index (κ1) is 6.10. The average Bonchev–Trinajstić information content (AvgIpc) is 2.03. The summed E-state index contributed by atoms with van der Waals surface area (Å²) in [5.41, 5.74) is 1.98. The Hall–Kier alpha value is -0.630. The second-order valence-electron chi connectivity index (χ2n) is 2.31. The molecule has 0 radical (unpaired) electrons. The van der Waals surface area contributed by atoms with Gasteiger partial charge in [-0.1, -0.05) is 40.2 Å². The molecular formula is C8H5BrO. The molecule has 0 N–H and O–H groups in total. The normalized spacial score (nSPS) is 21.7. The van der Waals surface area contributed by atoms with E-state index >= 15 is 0 Å². The molecule has 1 atom stereocenters. The molecule has 0 fully saturated rings. The number of benzene rings is 1. The molecule has 50 valence electrons. The summed E-state index contributed by atoms with van der Waals surface area (Å²) in [5.74, 6) is 0.204. The fraction of sp³-hybridized carbons (Fsp3) is 0.125. The number of carbonyl (C=O) groups is 1. The number of fused-ring (bicyclic) bond motifs is 1. The summed E-state index contributed by atoms with van der Waals surface area (Å²) in [7, 11) is 0. The molecule has 1 nitrogen and oxygen atoms in total. The van der Waals surface area contributed by atoms with Gasteiger partial charge in [-0.25, -0.2) is 0 Å². The number of hydrogen-bond donors (Lipinski definition) is 0. The van der Waals surface area contributed by atoms with E-state index in [4.69, 9.17) is 0 Å². The van der Waals surface area contributed by atoms with Crippen molar-refractivity contribution in [2.45, 2.75) is 4.83 Å². The maximum Gasteiger partial charge on any atom is 0.181 e. The average molecular weight is 197 g/mol. The topological polar surface area (TPSA) is 17.1 Å². The third-order valence-corrected chi connectivity index (χ3v) is 2.64. The molecule has 10 heavy (non-hydrogen) atoms. The highest BCUT2D eigenvalue weighted by Gasteiger charge is 2.32. The summed E-state index contributed by atoms with van der Waals surface area (Å²) < 4.78 is 0. The predicted octanol–water partition coefficient (Wildman–Crippen LogP) is 2.32. The van der Waals surface area contributed by atoms with Crippen molar-refractivity contribution in [2.75, 3.05) is 0 Å². The van der Waals surface area contributed by atoms with E-state index in [2.05, 4.69) is 15.9 Å². The summed E-state index contributed by atoms with van der Waals surface area (Å²) in [6.45, 7) is 0. The highest BCUT2D eigenvalue weighted by Crippen LogP contribution is 2.38. The van der Waals surface area contributed by atoms with E-state index in [0.717, 1.165) is 11.1 Å². The second-order valence-corrected chi connectivity index (χ2v) is 3.23. The van der Waals surface area contributed by atoms with Crippen LogP contribution in [-0.2, 0) is 0 Å². The van der Waals surface area contributed by atoms with E-state index in [1.54, 1.807) is 0 Å². The van der Waals surface area contributed by atoms with Gasteiger partial charge in [-0.3, -0.25) is 4.79 Å². The number of halogens is 1. The van der Waals surface area contributed by atoms with Gasteiger partial charge in [0.2, 0.25) is 0 Å². The molecule has 0 saturated carbocycles. The van der Waals surface area contributed by atoms with Gasteiger partial charge in [0.15, 0.2) is 5.78 Å². The standard InChI is InChI=1S/C8H5BrO/c9-7-5-3-1-2-4-6(5)8(7)10/h1-4,7H/t7-/m0/s1. The summed E-state index contributed by atoms with van der Waals surface area (Å²) in [4.78, 5) is 11.0. The number of alkyl halides is 1. The van der Waals surface area contributed by atoms with E-state index in [-0.39, 0.29) is 10.6 Å². The van der Waals surface area contributed by atoms with Crippen LogP contribution < -0.4 is 0 Å². The van der Waals surface area contributed by atoms with Gasteiger partial charge in [0.1, 0.15) is 4.83 Å². The first-order chi connectivity index (χ1) is 4.80. The van der Waals surface area contributed by atoms with Crippen molar-refractivity contribution in [3.8, 4) is 0 Å². The lowest BCUT2D eigenvalue weighted by atomic mass is 9.87. The number of rotatable bonds is 0. The van der Waals surface area contributed by atoms with E-state index in [1.165, 1.54) is 0 Å². The number of hydrogen-bond acceptors (Lipinski definition) is 1. The first-order valence-corrected chi connectivity index (χ1v) is 3.99. The van der Waals surface area contributed by atoms with Gasteiger partial charge in [-0.15, -0.1) is 0 Å². The van der Waals surface area contributed by atoms with Crippen LogP contribution >= 0.6 is 15.9 Å². The Labute approximate surface area is 67.2 Å². The van der Waals surface area contributed by atoms with Crippen LogP contribution in [0.2, 0.25) is 0 Å². The molecule has 0 heterocycles. The van der Waals surface area contributed by atoms with Crippen LogP contribution in [-0.4, -0.2) is 5.78 Å². The SMILES string of the molecule is O=C1c2ccccc2[C@@H]1Br. The van der Waals surface area contributed by atoms with Gasteiger partial charge in [0, 0.05) is 5.56 Å². The van der Waals surface area contributed by atoms with Crippen molar-refractivity contribution >= 4 is 21.7 Å². The van der Waals surface area contributed by atoms with Gasteiger partial charge in [-0.2, -0.15) is 0 Å². The van der Waals surface area contributed by atoms with Crippen LogP contribution in [0.3, 0.4) is 0 Å². The molecule has 1 aromatic carbocycles. The molecule has 0 bridgehead atoms. The summed E-state index contributed by atoms with van der Waals surface area (Å²) in [6, 6.07) is 7.65. The predicted molar refractivity (Wildman–Crippen MR) is 42.4 cm³/mol. The lowest BCUT2D eigenvalue weighted by molar-refractivity contribution is 0.0966. The maximum atomic E-state index is 11.0. The maximum absolute atomic E-state index is 11.0. The van der Waals surface area contributed by atoms with E-state index in [0.29, 0.717) is 0 Å². The lowest BCUT2D eigenvalue weighted by Crippen LogP contribution is -2.20. The third-order valence-electron chi connectivity index (χ3n) is 1.73. The molecule has 2 rings (SSSR count). The minimum absolute atomic E-state index is 0.0382. The Morgan fingerprint density at radius 1 is 1.30 bits per heavy atom. The molecule has 0 unspecified atom stereocenters. The molecule has 0 amide bonds. The van der Waals surface area contributed by atoms with Crippen LogP contribution in [0.15, 0.2) is 24.3 Å². The van der Waals surface area contributed by atoms with Crippen molar-refractivity contribution in [2.24, 2.45) is 0 Å². The second kappa shape index (κ2) is 1.92. The van der Waals surface area contributed by atoms with Crippen molar-refractivity contribution in [1.82, 2.24) is 0 Å². The molecule has 1 aliphatic carbocycles. The number of Topliss-reactive ketones (excluding diaryl/α,β-unsaturated/α-hetero) is 1. The third kappa shape index (κ3) is 0.598. The van der Waals surface area contributed by atoms with Gasteiger partial charge >= 0.3 is 0 Å². The van der Waals surface area contributed by atoms with E-state index < -0.39 is 0 Å². The molecule has 0 spiro atoms. The number of carbonyl (C=O) groups excluding carboxylic acids is 1. The Kier molecular flexibility index (Phi) is 1.17. The highest BCUT2D eigenvalue weighted by molar-refractivity contribution is 9.09. The summed E-state index contributed by atoms with van der Waals surface area (Å²) in [5, 5.41) is 0. The molecule has 1 aromatic rings. The minimum Gasteiger partial charge on any atom is -0.293 e. The number of ketones is 1. The van der Waals surface area contributed by atoms with Gasteiger partial charge in [-0.05, 0) is 5.56 Å². The van der Waals surface area contributed by atoms with Gasteiger partial charge < -0.3 is 0 Å². The van der Waals surface area contributed by atoms with Gasteiger partial charge in [0.05, 0.1) is 0 Å². The zero-order valence-corrected chi connectivity index (χ0v) is 6.76. The smallest absolute Gasteiger partial charge is 0.181 e. The van der Waals surface area contributed by atoms with Crippen LogP contribution in [0.25, 0.3) is 0 Å². The van der Waals surface area contributed by atoms with Crippen molar-refractivity contribution in [3.63, 3.8) is 0 Å². The van der Waals surface area contributed by atoms with Crippen LogP contribution in [0.4, 0.5) is 0 Å². The molecule has 0 aliphatic heterocycles. The molecule has 1 aliphatic rings. The summed E-state index contributed by atoms with van der Waals surface area (Å²) >= 11 is 3.27. The Balaban J connectivity index is 2.60. The largest absolute Gasteiger partial charge is 0.293 e. The first-order valence-electron chi connectivity index (χ1n) is 3.08. The molecular weight excluding hydrogens is 192 g/mol. The highest BCUT2D eigenvalue weighted by atomic mass is 79.9. The Morgan fingerprint density at radius 3 is 2.70 bits per heavy atom. The fourth-order valence-electron chi connectivity index (χ4n) is 1.14. The molecule has 0 saturated heterocycles. The van der Waals surface area contributed by atoms with Crippen molar-refractivity contribution in [3.05, 3.63) is 35.4 Å². The molecule has 2 heteroatoms. The van der Waals surface area contributed by atoms with Gasteiger partial charge in [0.25, 0.3) is 0 Å². The van der Waals surface area contributed by atoms with E-state index in [9.17, 15) is 4.79 Å². The van der Waals surface area contributed by atoms with Crippen LogP contribution in [0, 0.1) is 0 Å². The van der Waals surface area contributed by atoms with E-state index in [1.807, 2.05) is 24.3 Å².